The quantitative estimate of drug-likeness (QED) is 0.613. The zero-order valence-corrected chi connectivity index (χ0v) is 11.8. The minimum Gasteiger partial charge on any atom is -0.330 e. The molecule has 2 aliphatic rings. The Bertz CT molecular complexity index is 333. The van der Waals surface area contributed by atoms with Crippen LogP contribution in [0.2, 0.25) is 0 Å². The average molecular weight is 266 g/mol. The fourth-order valence-corrected chi connectivity index (χ4v) is 3.47. The third-order valence-electron chi connectivity index (χ3n) is 4.64. The standard InChI is InChI=1S/C15H26N2O2/c16-10-6-3-7-11-17-13(18)12-15(14(17)19)8-4-1-2-5-9-15/h1-12,16H2. The van der Waals surface area contributed by atoms with Gasteiger partial charge in [-0.3, -0.25) is 14.5 Å². The lowest BCUT2D eigenvalue weighted by Gasteiger charge is -2.25. The van der Waals surface area contributed by atoms with Crippen LogP contribution in [0.1, 0.15) is 64.2 Å². The van der Waals surface area contributed by atoms with Gasteiger partial charge in [0.15, 0.2) is 0 Å². The van der Waals surface area contributed by atoms with Crippen LogP contribution in [0.15, 0.2) is 0 Å². The van der Waals surface area contributed by atoms with Crippen LogP contribution in [0, 0.1) is 5.41 Å². The summed E-state index contributed by atoms with van der Waals surface area (Å²) >= 11 is 0. The summed E-state index contributed by atoms with van der Waals surface area (Å²) in [5, 5.41) is 0. The lowest BCUT2D eigenvalue weighted by Crippen LogP contribution is -2.36. The maximum atomic E-state index is 12.6. The van der Waals surface area contributed by atoms with Crippen molar-refractivity contribution in [2.45, 2.75) is 64.2 Å². The zero-order valence-electron chi connectivity index (χ0n) is 11.8. The Labute approximate surface area is 115 Å². The summed E-state index contributed by atoms with van der Waals surface area (Å²) in [6, 6.07) is 0. The van der Waals surface area contributed by atoms with Crippen molar-refractivity contribution >= 4 is 11.8 Å². The predicted octanol–water partition coefficient (Wildman–Crippen LogP) is 2.21. The first-order valence-electron chi connectivity index (χ1n) is 7.74. The predicted molar refractivity (Wildman–Crippen MR) is 74.4 cm³/mol. The van der Waals surface area contributed by atoms with E-state index in [-0.39, 0.29) is 17.2 Å². The molecular formula is C15H26N2O2. The van der Waals surface area contributed by atoms with E-state index in [0.29, 0.717) is 19.5 Å². The summed E-state index contributed by atoms with van der Waals surface area (Å²) in [4.78, 5) is 26.2. The molecule has 0 radical (unpaired) electrons. The lowest BCUT2D eigenvalue weighted by molar-refractivity contribution is -0.141. The number of rotatable bonds is 5. The van der Waals surface area contributed by atoms with Gasteiger partial charge in [0.2, 0.25) is 11.8 Å². The van der Waals surface area contributed by atoms with E-state index in [1.165, 1.54) is 17.7 Å². The van der Waals surface area contributed by atoms with E-state index in [2.05, 4.69) is 0 Å². The molecule has 0 atom stereocenters. The molecule has 1 saturated carbocycles. The van der Waals surface area contributed by atoms with Gasteiger partial charge >= 0.3 is 0 Å². The minimum absolute atomic E-state index is 0.0552. The van der Waals surface area contributed by atoms with Crippen LogP contribution in [0.25, 0.3) is 0 Å². The summed E-state index contributed by atoms with van der Waals surface area (Å²) in [7, 11) is 0. The highest BCUT2D eigenvalue weighted by Crippen LogP contribution is 2.44. The van der Waals surface area contributed by atoms with Gasteiger partial charge in [-0.05, 0) is 32.2 Å². The second-order valence-electron chi connectivity index (χ2n) is 6.07. The molecule has 0 aromatic heterocycles. The topological polar surface area (TPSA) is 63.4 Å². The fraction of sp³-hybridized carbons (Fsp3) is 0.867. The molecule has 0 aromatic carbocycles. The number of hydrogen-bond donors (Lipinski definition) is 1. The molecule has 108 valence electrons. The Balaban J connectivity index is 1.95. The molecule has 1 aliphatic carbocycles. The molecule has 4 nitrogen and oxygen atoms in total. The molecule has 4 heteroatoms. The fourth-order valence-electron chi connectivity index (χ4n) is 3.47. The Hall–Kier alpha value is -0.900. The molecule has 1 aliphatic heterocycles. The number of unbranched alkanes of at least 4 members (excludes halogenated alkanes) is 2. The molecule has 1 saturated heterocycles. The Morgan fingerprint density at radius 1 is 1.00 bits per heavy atom. The summed E-state index contributed by atoms with van der Waals surface area (Å²) in [6.07, 6.45) is 9.77. The Kier molecular flexibility index (Phi) is 4.97. The van der Waals surface area contributed by atoms with Crippen molar-refractivity contribution in [3.63, 3.8) is 0 Å². The van der Waals surface area contributed by atoms with E-state index in [1.54, 1.807) is 0 Å². The maximum absolute atomic E-state index is 12.6. The van der Waals surface area contributed by atoms with Crippen LogP contribution in [-0.2, 0) is 9.59 Å². The van der Waals surface area contributed by atoms with Gasteiger partial charge in [0.25, 0.3) is 0 Å². The van der Waals surface area contributed by atoms with E-state index in [1.807, 2.05) is 0 Å². The number of amides is 2. The molecule has 0 unspecified atom stereocenters. The first kappa shape index (κ1) is 14.5. The van der Waals surface area contributed by atoms with E-state index in [4.69, 9.17) is 5.73 Å². The SMILES string of the molecule is NCCCCCN1C(=O)CC2(CCCCCC2)C1=O. The monoisotopic (exact) mass is 266 g/mol. The van der Waals surface area contributed by atoms with Gasteiger partial charge in [0, 0.05) is 13.0 Å². The summed E-state index contributed by atoms with van der Waals surface area (Å²) in [6.45, 7) is 1.28. The number of likely N-dealkylation sites (tertiary alicyclic amines) is 1. The van der Waals surface area contributed by atoms with Gasteiger partial charge in [-0.25, -0.2) is 0 Å². The largest absolute Gasteiger partial charge is 0.330 e. The number of imide groups is 1. The first-order valence-corrected chi connectivity index (χ1v) is 7.74. The third kappa shape index (κ3) is 3.16. The van der Waals surface area contributed by atoms with Gasteiger partial charge in [-0.1, -0.05) is 32.1 Å². The van der Waals surface area contributed by atoms with Crippen molar-refractivity contribution in [2.24, 2.45) is 11.1 Å². The van der Waals surface area contributed by atoms with Crippen molar-refractivity contribution in [1.82, 2.24) is 4.90 Å². The first-order chi connectivity index (χ1) is 9.19. The molecule has 2 fully saturated rings. The second kappa shape index (κ2) is 6.51. The number of nitrogens with two attached hydrogens (primary N) is 1. The lowest BCUT2D eigenvalue weighted by atomic mass is 9.79. The molecule has 19 heavy (non-hydrogen) atoms. The van der Waals surface area contributed by atoms with Crippen LogP contribution in [-0.4, -0.2) is 29.8 Å². The van der Waals surface area contributed by atoms with Gasteiger partial charge in [0.1, 0.15) is 0 Å². The molecule has 1 spiro atoms. The van der Waals surface area contributed by atoms with Gasteiger partial charge in [0.05, 0.1) is 5.41 Å². The normalized spacial score (nSPS) is 23.1. The average Bonchev–Trinajstić information content (AvgIpc) is 2.59. The van der Waals surface area contributed by atoms with Crippen LogP contribution in [0.3, 0.4) is 0 Å². The highest BCUT2D eigenvalue weighted by atomic mass is 16.2. The molecule has 2 N–H and O–H groups in total. The Morgan fingerprint density at radius 2 is 1.68 bits per heavy atom. The highest BCUT2D eigenvalue weighted by Gasteiger charge is 2.50. The van der Waals surface area contributed by atoms with E-state index >= 15 is 0 Å². The van der Waals surface area contributed by atoms with E-state index in [9.17, 15) is 9.59 Å². The molecule has 2 rings (SSSR count). The van der Waals surface area contributed by atoms with E-state index < -0.39 is 0 Å². The van der Waals surface area contributed by atoms with Crippen LogP contribution in [0.5, 0.6) is 0 Å². The van der Waals surface area contributed by atoms with Crippen molar-refractivity contribution < 1.29 is 9.59 Å². The van der Waals surface area contributed by atoms with Crippen molar-refractivity contribution in [3.8, 4) is 0 Å². The van der Waals surface area contributed by atoms with Crippen LogP contribution in [0.4, 0.5) is 0 Å². The number of hydrogen-bond acceptors (Lipinski definition) is 3. The zero-order chi connectivity index (χ0) is 13.7. The van der Waals surface area contributed by atoms with Crippen LogP contribution < -0.4 is 5.73 Å². The minimum atomic E-state index is -0.332. The van der Waals surface area contributed by atoms with Crippen molar-refractivity contribution in [1.29, 1.82) is 0 Å². The maximum Gasteiger partial charge on any atom is 0.235 e. The molecule has 0 aromatic rings. The Morgan fingerprint density at radius 3 is 2.32 bits per heavy atom. The molecular weight excluding hydrogens is 240 g/mol. The molecule has 0 bridgehead atoms. The third-order valence-corrected chi connectivity index (χ3v) is 4.64. The second-order valence-corrected chi connectivity index (χ2v) is 6.07. The molecule has 2 amide bonds. The highest BCUT2D eigenvalue weighted by molar-refractivity contribution is 6.05. The number of nitrogens with zero attached hydrogens (tertiary/aromatic N) is 1. The summed E-state index contributed by atoms with van der Waals surface area (Å²) in [5.74, 6) is 0.173. The van der Waals surface area contributed by atoms with Crippen molar-refractivity contribution in [3.05, 3.63) is 0 Å². The van der Waals surface area contributed by atoms with Crippen LogP contribution >= 0.6 is 0 Å². The number of carbonyl (C=O) groups is 2. The van der Waals surface area contributed by atoms with Gasteiger partial charge < -0.3 is 5.73 Å². The molecule has 1 heterocycles. The van der Waals surface area contributed by atoms with Crippen molar-refractivity contribution in [2.75, 3.05) is 13.1 Å². The van der Waals surface area contributed by atoms with Gasteiger partial charge in [-0.15, -0.1) is 0 Å². The smallest absolute Gasteiger partial charge is 0.235 e. The van der Waals surface area contributed by atoms with Gasteiger partial charge in [-0.2, -0.15) is 0 Å². The van der Waals surface area contributed by atoms with E-state index in [0.717, 1.165) is 44.9 Å². The summed E-state index contributed by atoms with van der Waals surface area (Å²) in [5.41, 5.74) is 5.13. The summed E-state index contributed by atoms with van der Waals surface area (Å²) < 4.78 is 0. The number of carbonyl (C=O) groups excluding carboxylic acids is 2.